The van der Waals surface area contributed by atoms with Crippen molar-refractivity contribution in [2.75, 3.05) is 7.11 Å². The van der Waals surface area contributed by atoms with Crippen LogP contribution in [0.1, 0.15) is 67.7 Å². The van der Waals surface area contributed by atoms with Crippen LogP contribution < -0.4 is 4.74 Å². The fraction of sp³-hybridized carbons (Fsp3) is 0.423. The Labute approximate surface area is 202 Å². The highest BCUT2D eigenvalue weighted by atomic mass is 32.1. The van der Waals surface area contributed by atoms with Crippen molar-refractivity contribution in [3.63, 3.8) is 0 Å². The van der Waals surface area contributed by atoms with Crippen LogP contribution in [0.3, 0.4) is 0 Å². The van der Waals surface area contributed by atoms with Gasteiger partial charge in [0.05, 0.1) is 17.6 Å². The summed E-state index contributed by atoms with van der Waals surface area (Å²) in [5.41, 5.74) is 4.10. The van der Waals surface area contributed by atoms with Crippen molar-refractivity contribution in [1.82, 2.24) is 4.98 Å². The van der Waals surface area contributed by atoms with Gasteiger partial charge in [-0.2, -0.15) is 0 Å². The maximum absolute atomic E-state index is 16.0. The van der Waals surface area contributed by atoms with Crippen LogP contribution in [0.4, 0.5) is 8.78 Å². The smallest absolute Gasteiger partial charge is 0.203 e. The number of benzene rings is 2. The van der Waals surface area contributed by atoms with Crippen molar-refractivity contribution in [1.29, 1.82) is 0 Å². The second kappa shape index (κ2) is 8.20. The lowest BCUT2D eigenvalue weighted by Gasteiger charge is -2.42. The van der Waals surface area contributed by atoms with Crippen LogP contribution in [0.25, 0.3) is 11.1 Å². The number of aromatic amines is 1. The normalized spacial score (nSPS) is 16.5. The van der Waals surface area contributed by atoms with Crippen molar-refractivity contribution in [3.05, 3.63) is 60.9 Å². The molecule has 3 nitrogen and oxygen atoms in total. The highest BCUT2D eigenvalue weighted by Crippen LogP contribution is 2.49. The zero-order valence-electron chi connectivity index (χ0n) is 19.8. The second-order valence-electron chi connectivity index (χ2n) is 10.2. The molecule has 2 N–H and O–H groups in total. The van der Waals surface area contributed by atoms with Crippen LogP contribution in [0.15, 0.2) is 18.2 Å². The molecule has 0 saturated carbocycles. The molecule has 0 amide bonds. The van der Waals surface area contributed by atoms with Crippen LogP contribution in [0.5, 0.6) is 11.6 Å². The molecule has 0 aliphatic heterocycles. The van der Waals surface area contributed by atoms with Gasteiger partial charge in [0.2, 0.25) is 5.88 Å². The Morgan fingerprint density at radius 2 is 1.70 bits per heavy atom. The number of halogens is 2. The molecule has 176 valence electrons. The van der Waals surface area contributed by atoms with Crippen LogP contribution in [0.2, 0.25) is 0 Å². The van der Waals surface area contributed by atoms with E-state index in [2.05, 4.69) is 38.7 Å². The van der Waals surface area contributed by atoms with Crippen molar-refractivity contribution >= 4 is 23.6 Å². The average Bonchev–Trinajstić information content (AvgIpc) is 3.04. The molecule has 1 aliphatic rings. The Bertz CT molecular complexity index is 1300. The zero-order valence-corrected chi connectivity index (χ0v) is 21.4. The van der Waals surface area contributed by atoms with Gasteiger partial charge in [0.15, 0.2) is 15.5 Å². The van der Waals surface area contributed by atoms with E-state index in [0.717, 1.165) is 41.4 Å². The maximum atomic E-state index is 16.0. The number of nitrogens with one attached hydrogen (secondary N) is 1. The van der Waals surface area contributed by atoms with E-state index in [1.54, 1.807) is 0 Å². The van der Waals surface area contributed by atoms with Gasteiger partial charge >= 0.3 is 0 Å². The molecule has 0 spiro atoms. The first-order valence-electron chi connectivity index (χ1n) is 11.0. The Kier molecular flexibility index (Phi) is 5.94. The van der Waals surface area contributed by atoms with Crippen molar-refractivity contribution in [2.24, 2.45) is 0 Å². The minimum absolute atomic E-state index is 0.0129. The van der Waals surface area contributed by atoms with Gasteiger partial charge in [0.25, 0.3) is 0 Å². The highest BCUT2D eigenvalue weighted by Gasteiger charge is 2.38. The van der Waals surface area contributed by atoms with Gasteiger partial charge in [0.1, 0.15) is 5.82 Å². The molecule has 0 unspecified atom stereocenters. The van der Waals surface area contributed by atoms with E-state index in [0.29, 0.717) is 14.4 Å². The number of aromatic nitrogens is 1. The van der Waals surface area contributed by atoms with E-state index >= 15 is 8.78 Å². The quantitative estimate of drug-likeness (QED) is 0.369. The number of aromatic hydroxyl groups is 1. The second-order valence-corrected chi connectivity index (χ2v) is 12.0. The molecule has 0 fully saturated rings. The van der Waals surface area contributed by atoms with E-state index in [9.17, 15) is 5.11 Å². The van der Waals surface area contributed by atoms with Crippen LogP contribution in [-0.2, 0) is 17.3 Å². The van der Waals surface area contributed by atoms with E-state index in [-0.39, 0.29) is 40.0 Å². The summed E-state index contributed by atoms with van der Waals surface area (Å²) in [4.78, 5) is 3.10. The molecule has 0 radical (unpaired) electrons. The largest absolute Gasteiger partial charge is 0.494 e. The first-order valence-corrected chi connectivity index (χ1v) is 12.2. The lowest BCUT2D eigenvalue weighted by molar-refractivity contribution is 0.332. The SMILES string of the molecule is COc1c(F)cc(Cc2sc(=S)[nH]c2O)c(F)c1-c1cc2c(cc1C)C(C)(C)CCC2(C)C. The Morgan fingerprint density at radius 1 is 1.09 bits per heavy atom. The highest BCUT2D eigenvalue weighted by molar-refractivity contribution is 7.73. The average molecular weight is 490 g/mol. The number of hydrogen-bond donors (Lipinski definition) is 2. The Balaban J connectivity index is 1.96. The number of methoxy groups -OCH3 is 1. The van der Waals surface area contributed by atoms with Crippen molar-refractivity contribution < 1.29 is 18.6 Å². The summed E-state index contributed by atoms with van der Waals surface area (Å²) in [7, 11) is 1.35. The molecule has 0 saturated heterocycles. The third-order valence-corrected chi connectivity index (χ3v) is 8.19. The van der Waals surface area contributed by atoms with Gasteiger partial charge < -0.3 is 14.8 Å². The molecule has 1 aliphatic carbocycles. The molecule has 0 bridgehead atoms. The fourth-order valence-electron chi connectivity index (χ4n) is 4.87. The van der Waals surface area contributed by atoms with Crippen molar-refractivity contribution in [2.45, 2.75) is 64.7 Å². The summed E-state index contributed by atoms with van der Waals surface area (Å²) in [6, 6.07) is 5.28. The third-order valence-electron chi connectivity index (χ3n) is 6.97. The summed E-state index contributed by atoms with van der Waals surface area (Å²) in [6.45, 7) is 10.8. The molecule has 1 aromatic heterocycles. The summed E-state index contributed by atoms with van der Waals surface area (Å²) >= 11 is 6.21. The number of aryl methyl sites for hydroxylation is 1. The van der Waals surface area contributed by atoms with Gasteiger partial charge in [-0.15, -0.1) is 11.3 Å². The predicted molar refractivity (Wildman–Crippen MR) is 132 cm³/mol. The molecule has 2 aromatic carbocycles. The summed E-state index contributed by atoms with van der Waals surface area (Å²) < 4.78 is 36.9. The molecule has 0 atom stereocenters. The van der Waals surface area contributed by atoms with Gasteiger partial charge in [-0.3, -0.25) is 0 Å². The monoisotopic (exact) mass is 489 g/mol. The van der Waals surface area contributed by atoms with Crippen LogP contribution in [-0.4, -0.2) is 17.2 Å². The van der Waals surface area contributed by atoms with Gasteiger partial charge in [-0.1, -0.05) is 33.8 Å². The van der Waals surface area contributed by atoms with Crippen molar-refractivity contribution in [3.8, 4) is 22.8 Å². The number of rotatable bonds is 4. The van der Waals surface area contributed by atoms with Crippen LogP contribution >= 0.6 is 23.6 Å². The number of ether oxygens (including phenoxy) is 1. The number of fused-ring (bicyclic) bond motifs is 1. The molecule has 3 aromatic rings. The van der Waals surface area contributed by atoms with E-state index in [1.165, 1.54) is 12.7 Å². The van der Waals surface area contributed by atoms with Gasteiger partial charge in [0, 0.05) is 6.42 Å². The third kappa shape index (κ3) is 4.10. The van der Waals surface area contributed by atoms with Gasteiger partial charge in [-0.25, -0.2) is 8.78 Å². The maximum Gasteiger partial charge on any atom is 0.203 e. The van der Waals surface area contributed by atoms with E-state index < -0.39 is 11.6 Å². The molecule has 33 heavy (non-hydrogen) atoms. The Hall–Kier alpha value is -2.25. The van der Waals surface area contributed by atoms with E-state index in [1.807, 2.05) is 13.0 Å². The topological polar surface area (TPSA) is 45.2 Å². The molecular weight excluding hydrogens is 460 g/mol. The molecule has 1 heterocycles. The lowest BCUT2D eigenvalue weighted by atomic mass is 9.62. The summed E-state index contributed by atoms with van der Waals surface area (Å²) in [5, 5.41) is 10.1. The Morgan fingerprint density at radius 3 is 2.24 bits per heavy atom. The number of hydrogen-bond acceptors (Lipinski definition) is 4. The molecular formula is C26H29F2NO2S2. The number of thiazole rings is 1. The van der Waals surface area contributed by atoms with Gasteiger partial charge in [-0.05, 0) is 82.8 Å². The number of H-pyrrole nitrogens is 1. The van der Waals surface area contributed by atoms with E-state index in [4.69, 9.17) is 17.0 Å². The first kappa shape index (κ1) is 23.9. The lowest BCUT2D eigenvalue weighted by Crippen LogP contribution is -2.34. The fourth-order valence-corrected chi connectivity index (χ4v) is 6.01. The minimum atomic E-state index is -0.640. The molecule has 7 heteroatoms. The predicted octanol–water partition coefficient (Wildman–Crippen LogP) is 7.71. The summed E-state index contributed by atoms with van der Waals surface area (Å²) in [5.74, 6) is -1.42. The zero-order chi connectivity index (χ0) is 24.3. The first-order chi connectivity index (χ1) is 15.4. The van der Waals surface area contributed by atoms with Crippen LogP contribution in [0, 0.1) is 22.5 Å². The summed E-state index contributed by atoms with van der Waals surface area (Å²) in [6.07, 6.45) is 2.10. The standard InChI is InChI=1S/C26H29F2NO2S2/c1-13-9-16-17(26(4,5)8-7-25(16,2)3)12-15(13)20-21(28)14(10-18(27)22(20)31-6)11-19-23(30)29-24(32)33-19/h9-10,12,30H,7-8,11H2,1-6H3,(H,29,32). The minimum Gasteiger partial charge on any atom is -0.494 e. The molecule has 4 rings (SSSR count).